The number of halogens is 1. The molecule has 1 N–H and O–H groups in total. The molecule has 3 atom stereocenters. The second-order valence-electron chi connectivity index (χ2n) is 7.06. The highest BCUT2D eigenvalue weighted by Gasteiger charge is 2.55. The molecule has 0 spiro atoms. The van der Waals surface area contributed by atoms with Gasteiger partial charge in [-0.25, -0.2) is 9.18 Å². The lowest BCUT2D eigenvalue weighted by molar-refractivity contribution is -0.145. The summed E-state index contributed by atoms with van der Waals surface area (Å²) in [5.41, 5.74) is 3.61. The number of hydrogen-bond donors (Lipinski definition) is 1. The molecule has 3 unspecified atom stereocenters. The van der Waals surface area contributed by atoms with Gasteiger partial charge in [0.2, 0.25) is 5.91 Å². The number of urea groups is 1. The Kier molecular flexibility index (Phi) is 4.53. The Bertz CT molecular complexity index is 909. The van der Waals surface area contributed by atoms with Crippen molar-refractivity contribution in [1.82, 2.24) is 20.2 Å². The minimum absolute atomic E-state index is 0.0650. The standard InChI is InChI=1S/C19H19FN4O2S2/c20-14-6-2-1-4-12(14)10-23-19(26)24-15-7-9-28-16(15)17(25)22(18(24)21-23)11-13-5-3-8-27-13/h1-6,8,15-16,18,21H,7,9-11H2. The third-order valence-electron chi connectivity index (χ3n) is 5.42. The van der Waals surface area contributed by atoms with Crippen molar-refractivity contribution < 1.29 is 14.0 Å². The van der Waals surface area contributed by atoms with Crippen molar-refractivity contribution in [1.29, 1.82) is 0 Å². The normalized spacial score (nSPS) is 26.8. The molecule has 146 valence electrons. The number of nitrogens with one attached hydrogen (secondary N) is 1. The number of benzene rings is 1. The fourth-order valence-electron chi connectivity index (χ4n) is 4.07. The van der Waals surface area contributed by atoms with E-state index in [0.717, 1.165) is 17.1 Å². The highest BCUT2D eigenvalue weighted by Crippen LogP contribution is 2.40. The average Bonchev–Trinajstić information content (AvgIpc) is 3.42. The SMILES string of the molecule is O=C1C2SCCC2N2C(=O)N(Cc3ccccc3F)NC2N1Cc1cccs1. The fraction of sp³-hybridized carbons (Fsp3) is 0.368. The van der Waals surface area contributed by atoms with Gasteiger partial charge in [-0.05, 0) is 29.7 Å². The summed E-state index contributed by atoms with van der Waals surface area (Å²) < 4.78 is 14.1. The maximum atomic E-state index is 14.1. The Morgan fingerprint density at radius 2 is 2.00 bits per heavy atom. The van der Waals surface area contributed by atoms with Crippen LogP contribution >= 0.6 is 23.1 Å². The molecule has 3 aliphatic heterocycles. The molecule has 3 aliphatic rings. The van der Waals surface area contributed by atoms with E-state index < -0.39 is 6.29 Å². The molecule has 3 fully saturated rings. The summed E-state index contributed by atoms with van der Waals surface area (Å²) in [7, 11) is 0. The first-order valence-corrected chi connectivity index (χ1v) is 11.1. The van der Waals surface area contributed by atoms with E-state index in [9.17, 15) is 14.0 Å². The number of nitrogens with zero attached hydrogens (tertiary/aromatic N) is 3. The minimum Gasteiger partial charge on any atom is -0.302 e. The minimum atomic E-state index is -0.533. The van der Waals surface area contributed by atoms with Gasteiger partial charge in [0.25, 0.3) is 0 Å². The summed E-state index contributed by atoms with van der Waals surface area (Å²) in [4.78, 5) is 30.9. The topological polar surface area (TPSA) is 55.9 Å². The highest BCUT2D eigenvalue weighted by molar-refractivity contribution is 8.00. The Hall–Kier alpha value is -2.10. The lowest BCUT2D eigenvalue weighted by Crippen LogP contribution is -2.65. The number of fused-ring (bicyclic) bond motifs is 3. The molecule has 3 saturated heterocycles. The molecule has 0 aliphatic carbocycles. The number of rotatable bonds is 4. The van der Waals surface area contributed by atoms with E-state index in [1.165, 1.54) is 11.1 Å². The van der Waals surface area contributed by atoms with Crippen molar-refractivity contribution in [3.8, 4) is 0 Å². The van der Waals surface area contributed by atoms with E-state index >= 15 is 0 Å². The number of hydrazine groups is 1. The van der Waals surface area contributed by atoms with Crippen molar-refractivity contribution in [2.75, 3.05) is 5.75 Å². The van der Waals surface area contributed by atoms with E-state index in [2.05, 4.69) is 5.43 Å². The van der Waals surface area contributed by atoms with E-state index in [1.54, 1.807) is 51.1 Å². The Morgan fingerprint density at radius 3 is 2.79 bits per heavy atom. The number of thioether (sulfide) groups is 1. The van der Waals surface area contributed by atoms with E-state index in [0.29, 0.717) is 12.1 Å². The molecule has 5 rings (SSSR count). The van der Waals surface area contributed by atoms with Crippen LogP contribution in [0.15, 0.2) is 41.8 Å². The van der Waals surface area contributed by atoms with Crippen molar-refractivity contribution in [2.45, 2.75) is 37.1 Å². The molecule has 28 heavy (non-hydrogen) atoms. The van der Waals surface area contributed by atoms with Crippen LogP contribution in [0.1, 0.15) is 16.9 Å². The Morgan fingerprint density at radius 1 is 1.14 bits per heavy atom. The lowest BCUT2D eigenvalue weighted by atomic mass is 10.1. The summed E-state index contributed by atoms with van der Waals surface area (Å²) >= 11 is 3.21. The van der Waals surface area contributed by atoms with Gasteiger partial charge in [0.15, 0.2) is 6.29 Å². The van der Waals surface area contributed by atoms with Gasteiger partial charge >= 0.3 is 6.03 Å². The van der Waals surface area contributed by atoms with Crippen LogP contribution < -0.4 is 5.43 Å². The van der Waals surface area contributed by atoms with Gasteiger partial charge in [0.1, 0.15) is 11.1 Å². The highest BCUT2D eigenvalue weighted by atomic mass is 32.2. The summed E-state index contributed by atoms with van der Waals surface area (Å²) in [6, 6.07) is 10.1. The second-order valence-corrected chi connectivity index (χ2v) is 9.34. The molecular formula is C19H19FN4O2S2. The molecule has 4 heterocycles. The van der Waals surface area contributed by atoms with Crippen molar-refractivity contribution >= 4 is 35.0 Å². The zero-order valence-corrected chi connectivity index (χ0v) is 16.6. The average molecular weight is 419 g/mol. The van der Waals surface area contributed by atoms with Gasteiger partial charge in [0, 0.05) is 10.4 Å². The molecule has 2 aromatic rings. The van der Waals surface area contributed by atoms with E-state index in [-0.39, 0.29) is 35.6 Å². The van der Waals surface area contributed by atoms with Crippen LogP contribution in [0.4, 0.5) is 9.18 Å². The van der Waals surface area contributed by atoms with Gasteiger partial charge in [-0.3, -0.25) is 14.7 Å². The largest absolute Gasteiger partial charge is 0.337 e. The van der Waals surface area contributed by atoms with Crippen molar-refractivity contribution in [2.24, 2.45) is 0 Å². The van der Waals surface area contributed by atoms with Crippen LogP contribution in [0.5, 0.6) is 0 Å². The first-order valence-electron chi connectivity index (χ1n) is 9.17. The van der Waals surface area contributed by atoms with Crippen molar-refractivity contribution in [3.05, 3.63) is 58.0 Å². The van der Waals surface area contributed by atoms with Gasteiger partial charge in [0.05, 0.1) is 19.1 Å². The molecular weight excluding hydrogens is 399 g/mol. The smallest absolute Gasteiger partial charge is 0.302 e. The predicted octanol–water partition coefficient (Wildman–Crippen LogP) is 2.83. The molecule has 9 heteroatoms. The zero-order valence-electron chi connectivity index (χ0n) is 15.0. The van der Waals surface area contributed by atoms with E-state index in [4.69, 9.17) is 0 Å². The van der Waals surface area contributed by atoms with Crippen LogP contribution in [0.3, 0.4) is 0 Å². The van der Waals surface area contributed by atoms with Crippen LogP contribution in [0, 0.1) is 5.82 Å². The third-order valence-corrected chi connectivity index (χ3v) is 7.63. The van der Waals surface area contributed by atoms with Gasteiger partial charge in [-0.2, -0.15) is 5.43 Å². The fourth-order valence-corrected chi connectivity index (χ4v) is 6.17. The van der Waals surface area contributed by atoms with Gasteiger partial charge < -0.3 is 4.90 Å². The molecule has 0 saturated carbocycles. The predicted molar refractivity (Wildman–Crippen MR) is 106 cm³/mol. The quantitative estimate of drug-likeness (QED) is 0.830. The maximum absolute atomic E-state index is 14.1. The number of carbonyl (C=O) groups is 2. The van der Waals surface area contributed by atoms with Crippen LogP contribution in [0.25, 0.3) is 0 Å². The zero-order chi connectivity index (χ0) is 19.3. The summed E-state index contributed by atoms with van der Waals surface area (Å²) in [5, 5.41) is 3.19. The van der Waals surface area contributed by atoms with Crippen LogP contribution in [0.2, 0.25) is 0 Å². The Balaban J connectivity index is 1.45. The number of amides is 3. The molecule has 1 aromatic heterocycles. The molecule has 3 amide bonds. The van der Waals surface area contributed by atoms with Crippen LogP contribution in [-0.2, 0) is 17.9 Å². The Labute approximate surface area is 170 Å². The summed E-state index contributed by atoms with van der Waals surface area (Å²) in [6.07, 6.45) is 0.264. The number of hydrogen-bond acceptors (Lipinski definition) is 5. The third kappa shape index (κ3) is 2.89. The van der Waals surface area contributed by atoms with E-state index in [1.807, 2.05) is 17.5 Å². The van der Waals surface area contributed by atoms with Crippen LogP contribution in [-0.4, -0.2) is 50.1 Å². The summed E-state index contributed by atoms with van der Waals surface area (Å²) in [6.45, 7) is 0.569. The molecule has 0 bridgehead atoms. The number of carbonyl (C=O) groups excluding carboxylic acids is 2. The first kappa shape index (κ1) is 18.0. The van der Waals surface area contributed by atoms with Gasteiger partial charge in [-0.15, -0.1) is 23.1 Å². The first-order chi connectivity index (χ1) is 13.6. The van der Waals surface area contributed by atoms with Gasteiger partial charge in [-0.1, -0.05) is 24.3 Å². The number of thiophene rings is 1. The monoisotopic (exact) mass is 418 g/mol. The molecule has 0 radical (unpaired) electrons. The van der Waals surface area contributed by atoms with Crippen molar-refractivity contribution in [3.63, 3.8) is 0 Å². The second kappa shape index (κ2) is 7.06. The summed E-state index contributed by atoms with van der Waals surface area (Å²) in [5.74, 6) is 0.579. The maximum Gasteiger partial charge on any atom is 0.337 e. The lowest BCUT2D eigenvalue weighted by Gasteiger charge is -2.44. The molecule has 6 nitrogen and oxygen atoms in total. The molecule has 1 aromatic carbocycles.